The first-order chi connectivity index (χ1) is 4.74. The highest BCUT2D eigenvalue weighted by molar-refractivity contribution is 5.96. The Labute approximate surface area is 60.5 Å². The van der Waals surface area contributed by atoms with E-state index in [2.05, 4.69) is 10.3 Å². The van der Waals surface area contributed by atoms with Gasteiger partial charge in [-0.25, -0.2) is 0 Å². The number of amidine groups is 1. The van der Waals surface area contributed by atoms with Crippen LogP contribution in [0, 0.1) is 11.3 Å². The second-order valence-electron chi connectivity index (χ2n) is 1.71. The standard InChI is InChI=1S/C6H11N3O/c1-5(10-3)9-6(4-7)8-2/h5H,1-3H3,(H,8,9). The third kappa shape index (κ3) is 3.05. The largest absolute Gasteiger partial charge is 0.362 e. The lowest BCUT2D eigenvalue weighted by molar-refractivity contribution is 0.107. The number of nitriles is 1. The van der Waals surface area contributed by atoms with Crippen molar-refractivity contribution in [3.05, 3.63) is 0 Å². The first-order valence-corrected chi connectivity index (χ1v) is 2.90. The smallest absolute Gasteiger partial charge is 0.203 e. The number of aliphatic imine (C=N–C) groups is 1. The lowest BCUT2D eigenvalue weighted by Crippen LogP contribution is -2.32. The fourth-order valence-corrected chi connectivity index (χ4v) is 0.398. The van der Waals surface area contributed by atoms with E-state index in [-0.39, 0.29) is 12.1 Å². The van der Waals surface area contributed by atoms with Crippen LogP contribution in [0.2, 0.25) is 0 Å². The van der Waals surface area contributed by atoms with E-state index in [1.807, 2.05) is 6.07 Å². The third-order valence-corrected chi connectivity index (χ3v) is 1.02. The zero-order valence-electron chi connectivity index (χ0n) is 6.38. The summed E-state index contributed by atoms with van der Waals surface area (Å²) >= 11 is 0. The molecule has 0 aromatic carbocycles. The molecule has 0 aliphatic heterocycles. The Kier molecular flexibility index (Phi) is 4.25. The summed E-state index contributed by atoms with van der Waals surface area (Å²) in [7, 11) is 3.11. The van der Waals surface area contributed by atoms with Crippen LogP contribution in [0.3, 0.4) is 0 Å². The van der Waals surface area contributed by atoms with Crippen LogP contribution in [0.5, 0.6) is 0 Å². The van der Waals surface area contributed by atoms with Crippen LogP contribution in [0.4, 0.5) is 0 Å². The average molecular weight is 141 g/mol. The van der Waals surface area contributed by atoms with Gasteiger partial charge in [-0.3, -0.25) is 4.99 Å². The van der Waals surface area contributed by atoms with E-state index < -0.39 is 0 Å². The maximum Gasteiger partial charge on any atom is 0.203 e. The van der Waals surface area contributed by atoms with Gasteiger partial charge in [-0.05, 0) is 6.92 Å². The highest BCUT2D eigenvalue weighted by atomic mass is 16.5. The van der Waals surface area contributed by atoms with Crippen molar-refractivity contribution in [1.82, 2.24) is 5.32 Å². The van der Waals surface area contributed by atoms with E-state index in [1.165, 1.54) is 0 Å². The van der Waals surface area contributed by atoms with Crippen molar-refractivity contribution in [1.29, 1.82) is 5.26 Å². The Morgan fingerprint density at radius 1 is 1.80 bits per heavy atom. The molecular formula is C6H11N3O. The van der Waals surface area contributed by atoms with Crippen molar-refractivity contribution >= 4 is 5.84 Å². The van der Waals surface area contributed by atoms with Gasteiger partial charge in [-0.15, -0.1) is 0 Å². The van der Waals surface area contributed by atoms with E-state index in [0.717, 1.165) is 0 Å². The molecule has 4 heteroatoms. The third-order valence-electron chi connectivity index (χ3n) is 1.02. The van der Waals surface area contributed by atoms with Gasteiger partial charge in [0.25, 0.3) is 0 Å². The molecular weight excluding hydrogens is 130 g/mol. The van der Waals surface area contributed by atoms with Gasteiger partial charge in [0.05, 0.1) is 0 Å². The molecule has 0 aliphatic rings. The van der Waals surface area contributed by atoms with E-state index in [4.69, 9.17) is 10.00 Å². The number of hydrogen-bond acceptors (Lipinski definition) is 3. The lowest BCUT2D eigenvalue weighted by Gasteiger charge is -2.09. The van der Waals surface area contributed by atoms with E-state index in [0.29, 0.717) is 0 Å². The Bertz CT molecular complexity index is 159. The second kappa shape index (κ2) is 4.77. The molecule has 0 heterocycles. The summed E-state index contributed by atoms with van der Waals surface area (Å²) in [6, 6.07) is 1.88. The van der Waals surface area contributed by atoms with Crippen LogP contribution >= 0.6 is 0 Å². The van der Waals surface area contributed by atoms with E-state index in [9.17, 15) is 0 Å². The minimum absolute atomic E-state index is 0.168. The van der Waals surface area contributed by atoms with Crippen molar-refractivity contribution < 1.29 is 4.74 Å². The number of methoxy groups -OCH3 is 1. The minimum atomic E-state index is -0.168. The van der Waals surface area contributed by atoms with Crippen molar-refractivity contribution in [2.24, 2.45) is 4.99 Å². The molecule has 0 radical (unpaired) electrons. The molecule has 1 atom stereocenters. The van der Waals surface area contributed by atoms with Crippen LogP contribution in [-0.4, -0.2) is 26.2 Å². The average Bonchev–Trinajstić information content (AvgIpc) is 1.99. The molecule has 4 nitrogen and oxygen atoms in total. The van der Waals surface area contributed by atoms with Gasteiger partial charge in [0.15, 0.2) is 0 Å². The number of hydrogen-bond donors (Lipinski definition) is 1. The highest BCUT2D eigenvalue weighted by Crippen LogP contribution is 1.80. The lowest BCUT2D eigenvalue weighted by atomic mass is 10.5. The fourth-order valence-electron chi connectivity index (χ4n) is 0.398. The summed E-state index contributed by atoms with van der Waals surface area (Å²) in [5, 5.41) is 11.1. The number of rotatable bonds is 2. The van der Waals surface area contributed by atoms with Crippen LogP contribution in [-0.2, 0) is 4.74 Å². The monoisotopic (exact) mass is 141 g/mol. The molecule has 0 amide bonds. The summed E-state index contributed by atoms with van der Waals surface area (Å²) < 4.78 is 4.84. The number of nitrogens with zero attached hydrogens (tertiary/aromatic N) is 2. The number of ether oxygens (including phenoxy) is 1. The maximum atomic E-state index is 8.37. The molecule has 1 unspecified atom stereocenters. The fraction of sp³-hybridized carbons (Fsp3) is 0.667. The van der Waals surface area contributed by atoms with Crippen LogP contribution in [0.25, 0.3) is 0 Å². The van der Waals surface area contributed by atoms with Gasteiger partial charge in [-0.1, -0.05) is 0 Å². The molecule has 0 saturated heterocycles. The molecule has 0 bridgehead atoms. The Morgan fingerprint density at radius 2 is 2.40 bits per heavy atom. The van der Waals surface area contributed by atoms with Gasteiger partial charge in [0.1, 0.15) is 12.3 Å². The SMILES string of the molecule is CN=C(C#N)NC(C)OC. The second-order valence-corrected chi connectivity index (χ2v) is 1.71. The molecule has 0 fully saturated rings. The summed E-state index contributed by atoms with van der Waals surface area (Å²) in [4.78, 5) is 3.66. The zero-order valence-corrected chi connectivity index (χ0v) is 6.38. The zero-order chi connectivity index (χ0) is 7.98. The Balaban J connectivity index is 3.79. The van der Waals surface area contributed by atoms with Gasteiger partial charge in [0.2, 0.25) is 5.84 Å². The maximum absolute atomic E-state index is 8.37. The van der Waals surface area contributed by atoms with E-state index >= 15 is 0 Å². The Morgan fingerprint density at radius 3 is 2.70 bits per heavy atom. The molecule has 0 aliphatic carbocycles. The minimum Gasteiger partial charge on any atom is -0.362 e. The van der Waals surface area contributed by atoms with E-state index in [1.54, 1.807) is 21.1 Å². The molecule has 0 aromatic rings. The quantitative estimate of drug-likeness (QED) is 0.337. The molecule has 10 heavy (non-hydrogen) atoms. The molecule has 0 aromatic heterocycles. The topological polar surface area (TPSA) is 57.4 Å². The van der Waals surface area contributed by atoms with Crippen LogP contribution in [0.15, 0.2) is 4.99 Å². The number of nitrogens with one attached hydrogen (secondary N) is 1. The first-order valence-electron chi connectivity index (χ1n) is 2.90. The van der Waals surface area contributed by atoms with Crippen molar-refractivity contribution in [2.75, 3.05) is 14.2 Å². The molecule has 1 N–H and O–H groups in total. The van der Waals surface area contributed by atoms with Crippen LogP contribution in [0.1, 0.15) is 6.92 Å². The summed E-state index contributed by atoms with van der Waals surface area (Å²) in [5.41, 5.74) is 0. The van der Waals surface area contributed by atoms with Crippen molar-refractivity contribution in [2.45, 2.75) is 13.2 Å². The van der Waals surface area contributed by atoms with Gasteiger partial charge in [0, 0.05) is 14.2 Å². The Hall–Kier alpha value is -1.08. The van der Waals surface area contributed by atoms with Crippen LogP contribution < -0.4 is 5.32 Å². The first kappa shape index (κ1) is 8.92. The predicted octanol–water partition coefficient (Wildman–Crippen LogP) is 0.120. The highest BCUT2D eigenvalue weighted by Gasteiger charge is 1.99. The molecule has 0 spiro atoms. The molecule has 0 saturated carbocycles. The van der Waals surface area contributed by atoms with Gasteiger partial charge in [-0.2, -0.15) is 5.26 Å². The predicted molar refractivity (Wildman–Crippen MR) is 38.6 cm³/mol. The molecule has 56 valence electrons. The molecule has 0 rings (SSSR count). The normalized spacial score (nSPS) is 14.0. The van der Waals surface area contributed by atoms with Crippen molar-refractivity contribution in [3.8, 4) is 6.07 Å². The summed E-state index contributed by atoms with van der Waals surface area (Å²) in [6.07, 6.45) is -0.168. The van der Waals surface area contributed by atoms with Gasteiger partial charge < -0.3 is 10.1 Å². The summed E-state index contributed by atoms with van der Waals surface area (Å²) in [6.45, 7) is 1.79. The van der Waals surface area contributed by atoms with Crippen molar-refractivity contribution in [3.63, 3.8) is 0 Å². The summed E-state index contributed by atoms with van der Waals surface area (Å²) in [5.74, 6) is 0.286. The van der Waals surface area contributed by atoms with Gasteiger partial charge >= 0.3 is 0 Å².